The Morgan fingerprint density at radius 2 is 1.90 bits per heavy atom. The number of carbonyl (C=O) groups is 1. The molecular weight excluding hydrogens is 258 g/mol. The molecule has 1 aliphatic carbocycles. The van der Waals surface area contributed by atoms with Crippen LogP contribution in [0.2, 0.25) is 0 Å². The van der Waals surface area contributed by atoms with Crippen LogP contribution in [0.3, 0.4) is 0 Å². The molecule has 1 aromatic carbocycles. The molecule has 1 aliphatic rings. The van der Waals surface area contributed by atoms with E-state index in [4.69, 9.17) is 0 Å². The highest BCUT2D eigenvalue weighted by Crippen LogP contribution is 2.28. The summed E-state index contributed by atoms with van der Waals surface area (Å²) in [6.45, 7) is 5.24. The minimum absolute atomic E-state index is 0.150. The van der Waals surface area contributed by atoms with Crippen LogP contribution in [-0.4, -0.2) is 17.4 Å². The molecule has 0 aromatic heterocycles. The third-order valence-corrected chi connectivity index (χ3v) is 3.73. The van der Waals surface area contributed by atoms with E-state index in [2.05, 4.69) is 24.3 Å². The van der Waals surface area contributed by atoms with Crippen LogP contribution in [0.5, 0.6) is 0 Å². The van der Waals surface area contributed by atoms with E-state index in [0.717, 1.165) is 12.0 Å². The lowest BCUT2D eigenvalue weighted by molar-refractivity contribution is -0.136. The topological polar surface area (TPSA) is 20.3 Å². The molecule has 110 valence electrons. The van der Waals surface area contributed by atoms with E-state index >= 15 is 0 Å². The molecule has 1 amide bonds. The summed E-state index contributed by atoms with van der Waals surface area (Å²) in [5, 5.41) is 0. The molecule has 0 spiro atoms. The van der Waals surface area contributed by atoms with E-state index in [0.29, 0.717) is 13.1 Å². The van der Waals surface area contributed by atoms with Gasteiger partial charge in [-0.2, -0.15) is 0 Å². The molecule has 2 heteroatoms. The van der Waals surface area contributed by atoms with E-state index in [1.54, 1.807) is 0 Å². The highest BCUT2D eigenvalue weighted by Gasteiger charge is 2.32. The van der Waals surface area contributed by atoms with Crippen molar-refractivity contribution >= 4 is 5.91 Å². The minimum atomic E-state index is -0.519. The largest absolute Gasteiger partial charge is 0.334 e. The molecule has 0 radical (unpaired) electrons. The molecule has 2 nitrogen and oxygen atoms in total. The van der Waals surface area contributed by atoms with Gasteiger partial charge in [-0.1, -0.05) is 66.8 Å². The predicted octanol–water partition coefficient (Wildman–Crippen LogP) is 4.11. The Morgan fingerprint density at radius 3 is 2.52 bits per heavy atom. The van der Waals surface area contributed by atoms with Crippen molar-refractivity contribution in [2.24, 2.45) is 5.41 Å². The van der Waals surface area contributed by atoms with Gasteiger partial charge in [-0.3, -0.25) is 4.79 Å². The number of benzene rings is 1. The summed E-state index contributed by atoms with van der Waals surface area (Å²) < 4.78 is 0. The fourth-order valence-corrected chi connectivity index (χ4v) is 2.50. The zero-order valence-electron chi connectivity index (χ0n) is 12.8. The maximum absolute atomic E-state index is 12.9. The van der Waals surface area contributed by atoms with E-state index in [-0.39, 0.29) is 5.91 Å². The SMILES string of the molecule is C/C=C/CN(Cc1ccccc1)C(=O)C1(C)C=CCC=C1. The second kappa shape index (κ2) is 7.07. The van der Waals surface area contributed by atoms with Gasteiger partial charge >= 0.3 is 0 Å². The van der Waals surface area contributed by atoms with Crippen LogP contribution in [0.15, 0.2) is 66.8 Å². The summed E-state index contributed by atoms with van der Waals surface area (Å²) in [6.07, 6.45) is 13.1. The quantitative estimate of drug-likeness (QED) is 0.744. The predicted molar refractivity (Wildman–Crippen MR) is 87.7 cm³/mol. The Kier molecular flexibility index (Phi) is 5.15. The molecule has 2 rings (SSSR count). The molecule has 0 saturated carbocycles. The van der Waals surface area contributed by atoms with Crippen LogP contribution >= 0.6 is 0 Å². The van der Waals surface area contributed by atoms with Crippen molar-refractivity contribution in [3.63, 3.8) is 0 Å². The third kappa shape index (κ3) is 3.94. The standard InChI is InChI=1S/C19H23NO/c1-3-4-15-20(16-17-11-7-5-8-12-17)18(21)19(2)13-9-6-10-14-19/h3-5,7-14H,6,15-16H2,1-2H3/b4-3+. The van der Waals surface area contributed by atoms with E-state index < -0.39 is 5.41 Å². The number of carbonyl (C=O) groups excluding carboxylic acids is 1. The van der Waals surface area contributed by atoms with Gasteiger partial charge in [0, 0.05) is 13.1 Å². The molecule has 0 unspecified atom stereocenters. The van der Waals surface area contributed by atoms with Crippen molar-refractivity contribution in [3.05, 3.63) is 72.4 Å². The van der Waals surface area contributed by atoms with Crippen LogP contribution in [0.4, 0.5) is 0 Å². The van der Waals surface area contributed by atoms with Gasteiger partial charge in [0.25, 0.3) is 0 Å². The van der Waals surface area contributed by atoms with Gasteiger partial charge < -0.3 is 4.90 Å². The first-order valence-corrected chi connectivity index (χ1v) is 7.45. The first-order valence-electron chi connectivity index (χ1n) is 7.45. The second-order valence-electron chi connectivity index (χ2n) is 5.56. The van der Waals surface area contributed by atoms with Crippen LogP contribution in [-0.2, 0) is 11.3 Å². The Bertz CT molecular complexity index is 542. The molecule has 0 heterocycles. The average Bonchev–Trinajstić information content (AvgIpc) is 2.52. The monoisotopic (exact) mass is 281 g/mol. The highest BCUT2D eigenvalue weighted by atomic mass is 16.2. The zero-order valence-corrected chi connectivity index (χ0v) is 12.8. The summed E-state index contributed by atoms with van der Waals surface area (Å²) in [5.74, 6) is 0.150. The minimum Gasteiger partial charge on any atom is -0.334 e. The summed E-state index contributed by atoms with van der Waals surface area (Å²) >= 11 is 0. The van der Waals surface area contributed by atoms with Gasteiger partial charge in [0.1, 0.15) is 0 Å². The number of nitrogens with zero attached hydrogens (tertiary/aromatic N) is 1. The summed E-state index contributed by atoms with van der Waals surface area (Å²) in [5.41, 5.74) is 0.636. The second-order valence-corrected chi connectivity index (χ2v) is 5.56. The van der Waals surface area contributed by atoms with Crippen molar-refractivity contribution < 1.29 is 4.79 Å². The lowest BCUT2D eigenvalue weighted by Gasteiger charge is -2.31. The van der Waals surface area contributed by atoms with Gasteiger partial charge in [-0.15, -0.1) is 0 Å². The summed E-state index contributed by atoms with van der Waals surface area (Å²) in [6, 6.07) is 10.1. The maximum Gasteiger partial charge on any atom is 0.236 e. The normalized spacial score (nSPS) is 16.3. The first-order chi connectivity index (χ1) is 10.2. The molecule has 0 aliphatic heterocycles. The fourth-order valence-electron chi connectivity index (χ4n) is 2.50. The lowest BCUT2D eigenvalue weighted by atomic mass is 9.84. The van der Waals surface area contributed by atoms with Crippen molar-refractivity contribution in [2.75, 3.05) is 6.54 Å². The lowest BCUT2D eigenvalue weighted by Crippen LogP contribution is -2.40. The molecule has 0 saturated heterocycles. The molecule has 1 aromatic rings. The zero-order chi connectivity index (χ0) is 15.1. The smallest absolute Gasteiger partial charge is 0.236 e. The molecular formula is C19H23NO. The molecule has 0 bridgehead atoms. The van der Waals surface area contributed by atoms with Gasteiger partial charge in [-0.25, -0.2) is 0 Å². The molecule has 0 N–H and O–H groups in total. The average molecular weight is 281 g/mol. The van der Waals surface area contributed by atoms with Crippen LogP contribution in [0.1, 0.15) is 25.8 Å². The number of hydrogen-bond acceptors (Lipinski definition) is 1. The highest BCUT2D eigenvalue weighted by molar-refractivity contribution is 5.86. The number of allylic oxidation sites excluding steroid dienone is 3. The van der Waals surface area contributed by atoms with E-state index in [9.17, 15) is 4.79 Å². The van der Waals surface area contributed by atoms with Crippen LogP contribution in [0, 0.1) is 5.41 Å². The third-order valence-electron chi connectivity index (χ3n) is 3.73. The Balaban J connectivity index is 2.19. The molecule has 0 atom stereocenters. The number of rotatable bonds is 5. The van der Waals surface area contributed by atoms with Gasteiger partial charge in [0.2, 0.25) is 5.91 Å². The Labute approximate surface area is 127 Å². The van der Waals surface area contributed by atoms with Crippen LogP contribution < -0.4 is 0 Å². The first kappa shape index (κ1) is 15.3. The summed E-state index contributed by atoms with van der Waals surface area (Å²) in [7, 11) is 0. The Hall–Kier alpha value is -2.09. The van der Waals surface area contributed by atoms with Gasteiger partial charge in [0.15, 0.2) is 0 Å². The molecule has 0 fully saturated rings. The number of amides is 1. The van der Waals surface area contributed by atoms with Crippen molar-refractivity contribution in [1.29, 1.82) is 0 Å². The number of hydrogen-bond donors (Lipinski definition) is 0. The molecule has 21 heavy (non-hydrogen) atoms. The van der Waals surface area contributed by atoms with Gasteiger partial charge in [0.05, 0.1) is 5.41 Å². The van der Waals surface area contributed by atoms with Crippen molar-refractivity contribution in [3.8, 4) is 0 Å². The van der Waals surface area contributed by atoms with E-state index in [1.807, 2.05) is 61.3 Å². The fraction of sp³-hybridized carbons (Fsp3) is 0.316. The van der Waals surface area contributed by atoms with Crippen molar-refractivity contribution in [1.82, 2.24) is 4.90 Å². The summed E-state index contributed by atoms with van der Waals surface area (Å²) in [4.78, 5) is 14.8. The Morgan fingerprint density at radius 1 is 1.24 bits per heavy atom. The maximum atomic E-state index is 12.9. The van der Waals surface area contributed by atoms with Crippen molar-refractivity contribution in [2.45, 2.75) is 26.8 Å². The van der Waals surface area contributed by atoms with Gasteiger partial charge in [-0.05, 0) is 25.8 Å². The van der Waals surface area contributed by atoms with E-state index in [1.165, 1.54) is 0 Å². The van der Waals surface area contributed by atoms with Crippen LogP contribution in [0.25, 0.3) is 0 Å².